The Bertz CT molecular complexity index is 715. The lowest BCUT2D eigenvalue weighted by Gasteiger charge is -2.18. The van der Waals surface area contributed by atoms with Gasteiger partial charge in [-0.1, -0.05) is 55.8 Å². The fourth-order valence-corrected chi connectivity index (χ4v) is 2.36. The lowest BCUT2D eigenvalue weighted by atomic mass is 10.1. The van der Waals surface area contributed by atoms with E-state index >= 15 is 0 Å². The molecule has 1 N–H and O–H groups in total. The van der Waals surface area contributed by atoms with Gasteiger partial charge in [-0.3, -0.25) is 0 Å². The van der Waals surface area contributed by atoms with Crippen LogP contribution >= 0.6 is 0 Å². The Kier molecular flexibility index (Phi) is 8.16. The quantitative estimate of drug-likeness (QED) is 0.533. The van der Waals surface area contributed by atoms with Crippen LogP contribution in [0.25, 0.3) is 0 Å². The molecule has 0 bridgehead atoms. The third kappa shape index (κ3) is 6.66. The number of methoxy groups -OCH3 is 1. The van der Waals surface area contributed by atoms with Gasteiger partial charge in [0.15, 0.2) is 6.04 Å². The molecule has 27 heavy (non-hydrogen) atoms. The number of amides is 1. The molecule has 0 fully saturated rings. The number of benzene rings is 2. The van der Waals surface area contributed by atoms with Crippen molar-refractivity contribution in [1.29, 1.82) is 0 Å². The molecule has 0 aliphatic carbocycles. The second kappa shape index (κ2) is 10.9. The van der Waals surface area contributed by atoms with Gasteiger partial charge in [0.1, 0.15) is 12.4 Å². The minimum atomic E-state index is -0.948. The number of nitrogens with one attached hydrogen (secondary N) is 1. The molecule has 0 spiro atoms. The minimum absolute atomic E-state index is 0.118. The third-order valence-electron chi connectivity index (χ3n) is 3.90. The molecule has 0 radical (unpaired) electrons. The van der Waals surface area contributed by atoms with Crippen molar-refractivity contribution in [3.05, 3.63) is 65.7 Å². The van der Waals surface area contributed by atoms with E-state index in [0.29, 0.717) is 17.9 Å². The number of hydrogen-bond donors (Lipinski definition) is 1. The molecular formula is C21H25NO5. The van der Waals surface area contributed by atoms with Crippen LogP contribution in [-0.4, -0.2) is 25.8 Å². The topological polar surface area (TPSA) is 73.9 Å². The summed E-state index contributed by atoms with van der Waals surface area (Å²) in [5, 5.41) is 2.59. The second-order valence-electron chi connectivity index (χ2n) is 5.93. The van der Waals surface area contributed by atoms with Crippen LogP contribution in [0.5, 0.6) is 5.75 Å². The minimum Gasteiger partial charge on any atom is -0.497 e. The van der Waals surface area contributed by atoms with Crippen LogP contribution in [0.2, 0.25) is 0 Å². The Hall–Kier alpha value is -3.02. The number of hydrogen-bond acceptors (Lipinski definition) is 5. The molecule has 2 aromatic carbocycles. The highest BCUT2D eigenvalue weighted by molar-refractivity contribution is 5.82. The maximum atomic E-state index is 12.5. The van der Waals surface area contributed by atoms with Crippen LogP contribution in [0, 0.1) is 0 Å². The Morgan fingerprint density at radius 2 is 1.70 bits per heavy atom. The lowest BCUT2D eigenvalue weighted by Crippen LogP contribution is -2.35. The standard InChI is InChI=1S/C21H25NO5/c1-3-4-14-26-20(23)19(17-10-12-18(25-2)13-11-17)22-21(24)27-15-16-8-6-5-7-9-16/h5-13,19H,3-4,14-15H2,1-2H3,(H,22,24). The lowest BCUT2D eigenvalue weighted by molar-refractivity contribution is -0.146. The van der Waals surface area contributed by atoms with E-state index in [1.165, 1.54) is 0 Å². The van der Waals surface area contributed by atoms with Crippen LogP contribution < -0.4 is 10.1 Å². The third-order valence-corrected chi connectivity index (χ3v) is 3.90. The van der Waals surface area contributed by atoms with Gasteiger partial charge in [-0.2, -0.15) is 0 Å². The van der Waals surface area contributed by atoms with Gasteiger partial charge in [-0.15, -0.1) is 0 Å². The van der Waals surface area contributed by atoms with Crippen LogP contribution in [0.4, 0.5) is 4.79 Å². The molecule has 0 saturated heterocycles. The summed E-state index contributed by atoms with van der Waals surface area (Å²) in [6.07, 6.45) is 0.985. The fourth-order valence-electron chi connectivity index (χ4n) is 2.36. The first kappa shape index (κ1) is 20.3. The van der Waals surface area contributed by atoms with E-state index in [4.69, 9.17) is 14.2 Å². The van der Waals surface area contributed by atoms with Gasteiger partial charge in [0.05, 0.1) is 13.7 Å². The van der Waals surface area contributed by atoms with Gasteiger partial charge in [-0.05, 0) is 29.7 Å². The van der Waals surface area contributed by atoms with Gasteiger partial charge in [-0.25, -0.2) is 9.59 Å². The summed E-state index contributed by atoms with van der Waals surface area (Å²) in [4.78, 5) is 24.7. The van der Waals surface area contributed by atoms with Crippen molar-refractivity contribution in [2.75, 3.05) is 13.7 Å². The SMILES string of the molecule is CCCCOC(=O)C(NC(=O)OCc1ccccc1)c1ccc(OC)cc1. The molecule has 6 nitrogen and oxygen atoms in total. The summed E-state index contributed by atoms with van der Waals surface area (Å²) in [5.41, 5.74) is 1.45. The summed E-state index contributed by atoms with van der Waals surface area (Å²) in [7, 11) is 1.56. The zero-order valence-electron chi connectivity index (χ0n) is 15.6. The van der Waals surface area contributed by atoms with Crippen molar-refractivity contribution in [2.24, 2.45) is 0 Å². The molecule has 0 saturated carbocycles. The summed E-state index contributed by atoms with van der Waals surface area (Å²) in [6, 6.07) is 15.2. The van der Waals surface area contributed by atoms with Crippen molar-refractivity contribution < 1.29 is 23.8 Å². The number of unbranched alkanes of at least 4 members (excludes halogenated alkanes) is 1. The van der Waals surface area contributed by atoms with E-state index in [1.54, 1.807) is 31.4 Å². The maximum Gasteiger partial charge on any atom is 0.408 e. The van der Waals surface area contributed by atoms with Crippen LogP contribution in [0.1, 0.15) is 36.9 Å². The fraction of sp³-hybridized carbons (Fsp3) is 0.333. The van der Waals surface area contributed by atoms with Crippen molar-refractivity contribution in [3.8, 4) is 5.75 Å². The molecule has 0 aromatic heterocycles. The van der Waals surface area contributed by atoms with Crippen molar-refractivity contribution in [2.45, 2.75) is 32.4 Å². The molecule has 1 atom stereocenters. The number of ether oxygens (including phenoxy) is 3. The normalized spacial score (nSPS) is 11.3. The Balaban J connectivity index is 2.03. The average molecular weight is 371 g/mol. The summed E-state index contributed by atoms with van der Waals surface area (Å²) >= 11 is 0. The molecule has 2 rings (SSSR count). The number of esters is 1. The molecule has 2 aromatic rings. The van der Waals surface area contributed by atoms with Gasteiger partial charge >= 0.3 is 12.1 Å². The number of carbonyl (C=O) groups excluding carboxylic acids is 2. The van der Waals surface area contributed by atoms with Crippen LogP contribution in [-0.2, 0) is 20.9 Å². The van der Waals surface area contributed by atoms with E-state index < -0.39 is 18.1 Å². The van der Waals surface area contributed by atoms with E-state index in [0.717, 1.165) is 18.4 Å². The largest absolute Gasteiger partial charge is 0.497 e. The first-order chi connectivity index (χ1) is 13.1. The molecule has 144 valence electrons. The zero-order valence-corrected chi connectivity index (χ0v) is 15.6. The highest BCUT2D eigenvalue weighted by Gasteiger charge is 2.25. The predicted molar refractivity (Wildman–Crippen MR) is 101 cm³/mol. The Morgan fingerprint density at radius 1 is 1.00 bits per heavy atom. The maximum absolute atomic E-state index is 12.5. The monoisotopic (exact) mass is 371 g/mol. The average Bonchev–Trinajstić information content (AvgIpc) is 2.71. The molecule has 6 heteroatoms. The highest BCUT2D eigenvalue weighted by Crippen LogP contribution is 2.19. The van der Waals surface area contributed by atoms with Gasteiger partial charge in [0.2, 0.25) is 0 Å². The highest BCUT2D eigenvalue weighted by atomic mass is 16.6. The van der Waals surface area contributed by atoms with Crippen LogP contribution in [0.15, 0.2) is 54.6 Å². The number of carbonyl (C=O) groups is 2. The van der Waals surface area contributed by atoms with Crippen molar-refractivity contribution in [1.82, 2.24) is 5.32 Å². The summed E-state index contributed by atoms with van der Waals surface area (Å²) < 4.78 is 15.6. The van der Waals surface area contributed by atoms with E-state index in [1.807, 2.05) is 37.3 Å². The zero-order chi connectivity index (χ0) is 19.5. The molecular weight excluding hydrogens is 346 g/mol. The van der Waals surface area contributed by atoms with Gasteiger partial charge < -0.3 is 19.5 Å². The molecule has 0 aliphatic heterocycles. The molecule has 0 heterocycles. The van der Waals surface area contributed by atoms with E-state index in [9.17, 15) is 9.59 Å². The summed E-state index contributed by atoms with van der Waals surface area (Å²) in [5.74, 6) is 0.133. The van der Waals surface area contributed by atoms with Gasteiger partial charge in [0.25, 0.3) is 0 Å². The predicted octanol–water partition coefficient (Wildman–Crippen LogP) is 4.01. The Labute approximate surface area is 159 Å². The van der Waals surface area contributed by atoms with Crippen LogP contribution in [0.3, 0.4) is 0 Å². The molecule has 0 aliphatic rings. The Morgan fingerprint density at radius 3 is 2.33 bits per heavy atom. The second-order valence-corrected chi connectivity index (χ2v) is 5.93. The molecule has 1 amide bonds. The van der Waals surface area contributed by atoms with Crippen molar-refractivity contribution in [3.63, 3.8) is 0 Å². The van der Waals surface area contributed by atoms with E-state index in [-0.39, 0.29) is 6.61 Å². The van der Waals surface area contributed by atoms with E-state index in [2.05, 4.69) is 5.32 Å². The number of alkyl carbamates (subject to hydrolysis) is 1. The first-order valence-corrected chi connectivity index (χ1v) is 8.91. The first-order valence-electron chi connectivity index (χ1n) is 8.91. The summed E-state index contributed by atoms with van der Waals surface area (Å²) in [6.45, 7) is 2.43. The number of rotatable bonds is 9. The van der Waals surface area contributed by atoms with Gasteiger partial charge in [0, 0.05) is 0 Å². The van der Waals surface area contributed by atoms with Crippen molar-refractivity contribution >= 4 is 12.1 Å². The smallest absolute Gasteiger partial charge is 0.408 e. The molecule has 1 unspecified atom stereocenters.